The molecule has 1 aromatic heterocycles. The number of nitrogens with one attached hydrogen (secondary N) is 1. The number of carbonyl (C=O) groups is 1. The van der Waals surface area contributed by atoms with Crippen LogP contribution in [0.3, 0.4) is 0 Å². The first-order valence-electron chi connectivity index (χ1n) is 11.0. The highest BCUT2D eigenvalue weighted by atomic mass is 31.2. The number of fused-ring (bicyclic) bond motifs is 3. The van der Waals surface area contributed by atoms with Gasteiger partial charge < -0.3 is 28.5 Å². The molecule has 170 valence electrons. The molecule has 0 spiro atoms. The Hall–Kier alpha value is -2.36. The smallest absolute Gasteiger partial charge is 0.351 e. The van der Waals surface area contributed by atoms with E-state index in [1.54, 1.807) is 0 Å². The molecule has 3 aliphatic heterocycles. The zero-order valence-electron chi connectivity index (χ0n) is 18.7. The van der Waals surface area contributed by atoms with E-state index in [4.69, 9.17) is 19.9 Å². The highest BCUT2D eigenvalue weighted by molar-refractivity contribution is 7.49. The molecule has 6 atom stereocenters. The van der Waals surface area contributed by atoms with Crippen molar-refractivity contribution in [2.45, 2.75) is 50.8 Å². The van der Waals surface area contributed by atoms with Crippen molar-refractivity contribution in [3.8, 4) is 0 Å². The summed E-state index contributed by atoms with van der Waals surface area (Å²) in [6.45, 7) is 1.83. The average Bonchev–Trinajstić information content (AvgIpc) is 3.45. The second-order valence-corrected chi connectivity index (χ2v) is 9.26. The van der Waals surface area contributed by atoms with E-state index < -0.39 is 38.8 Å². The van der Waals surface area contributed by atoms with E-state index in [0.717, 1.165) is 12.1 Å². The second kappa shape index (κ2) is 8.53. The maximum atomic E-state index is 12.7. The van der Waals surface area contributed by atoms with E-state index in [2.05, 4.69) is 27.1 Å². The molecule has 0 saturated carbocycles. The zero-order valence-corrected chi connectivity index (χ0v) is 18.6. The number of ether oxygens (including phenoxy) is 2. The summed E-state index contributed by atoms with van der Waals surface area (Å²) in [5, 5.41) is 2.49. The molecule has 2 aromatic rings. The standard InChI is InChI=1S/C21H25N4O6P/c1-12-18(31-32-25-15(11-29-32)10-14-6-4-5-7-16(14)25)19(28-3)20(30-12)24-9-8-17(22-13(2)26)23-21(24)27/h4-9,12,15,18-20H,10-11H2,1-3H3,(H,22,23,26,27)/t12?,15-,18?,19?,20?,32-/m0/s1/i1D. The molecule has 4 heterocycles. The van der Waals surface area contributed by atoms with Gasteiger partial charge in [-0.05, 0) is 31.0 Å². The number of hydrogen-bond acceptors (Lipinski definition) is 8. The summed E-state index contributed by atoms with van der Waals surface area (Å²) >= 11 is 0. The molecule has 2 fully saturated rings. The predicted octanol–water partition coefficient (Wildman–Crippen LogP) is 2.21. The quantitative estimate of drug-likeness (QED) is 0.676. The zero-order chi connectivity index (χ0) is 23.1. The molecule has 1 amide bonds. The SMILES string of the molecule is [2H]CC1OC(n2ccc(NC(C)=O)nc2=O)C(OC)C1O[P@]1OC[C@@H]2Cc3ccccc3N21. The van der Waals surface area contributed by atoms with Crippen LogP contribution in [0.25, 0.3) is 0 Å². The van der Waals surface area contributed by atoms with Crippen LogP contribution in [0, 0.1) is 0 Å². The molecule has 0 radical (unpaired) electrons. The number of methoxy groups -OCH3 is 1. The minimum atomic E-state index is -1.42. The van der Waals surface area contributed by atoms with Crippen LogP contribution < -0.4 is 15.7 Å². The lowest BCUT2D eigenvalue weighted by Crippen LogP contribution is -2.38. The summed E-state index contributed by atoms with van der Waals surface area (Å²) in [7, 11) is 0.0994. The van der Waals surface area contributed by atoms with Gasteiger partial charge in [0.15, 0.2) is 6.23 Å². The number of aromatic nitrogens is 2. The van der Waals surface area contributed by atoms with Crippen LogP contribution in [0.4, 0.5) is 11.5 Å². The number of nitrogens with zero attached hydrogens (tertiary/aromatic N) is 3. The molecule has 0 bridgehead atoms. The molecule has 4 unspecified atom stereocenters. The molecule has 5 rings (SSSR count). The van der Waals surface area contributed by atoms with E-state index in [0.29, 0.717) is 6.61 Å². The molecule has 2 saturated heterocycles. The fraction of sp³-hybridized carbons (Fsp3) is 0.476. The average molecular weight is 461 g/mol. The van der Waals surface area contributed by atoms with Crippen molar-refractivity contribution in [1.29, 1.82) is 0 Å². The monoisotopic (exact) mass is 461 g/mol. The van der Waals surface area contributed by atoms with Gasteiger partial charge in [0, 0.05) is 27.3 Å². The van der Waals surface area contributed by atoms with Crippen LogP contribution in [0.5, 0.6) is 0 Å². The summed E-state index contributed by atoms with van der Waals surface area (Å²) < 4.78 is 35.7. The Morgan fingerprint density at radius 1 is 1.34 bits per heavy atom. The third kappa shape index (κ3) is 3.72. The van der Waals surface area contributed by atoms with Gasteiger partial charge in [-0.15, -0.1) is 0 Å². The normalized spacial score (nSPS) is 31.3. The topological polar surface area (TPSA) is 104 Å². The molecular weight excluding hydrogens is 435 g/mol. The van der Waals surface area contributed by atoms with Crippen molar-refractivity contribution >= 4 is 25.9 Å². The molecular formula is C21H25N4O6P. The Bertz CT molecular complexity index is 1100. The van der Waals surface area contributed by atoms with Gasteiger partial charge in [0.25, 0.3) is 8.53 Å². The van der Waals surface area contributed by atoms with Crippen molar-refractivity contribution < 1.29 is 24.7 Å². The van der Waals surface area contributed by atoms with Gasteiger partial charge in [-0.1, -0.05) is 18.2 Å². The molecule has 1 aromatic carbocycles. The minimum absolute atomic E-state index is 0.0730. The Labute approximate surface area is 187 Å². The Kier molecular flexibility index (Phi) is 5.40. The predicted molar refractivity (Wildman–Crippen MR) is 117 cm³/mol. The van der Waals surface area contributed by atoms with Crippen molar-refractivity contribution in [3.05, 3.63) is 52.6 Å². The van der Waals surface area contributed by atoms with Crippen LogP contribution in [0.15, 0.2) is 41.3 Å². The molecule has 0 aliphatic carbocycles. The van der Waals surface area contributed by atoms with Gasteiger partial charge in [0.2, 0.25) is 5.91 Å². The van der Waals surface area contributed by atoms with E-state index in [1.807, 2.05) is 12.1 Å². The van der Waals surface area contributed by atoms with E-state index in [-0.39, 0.29) is 24.7 Å². The molecule has 3 aliphatic rings. The summed E-state index contributed by atoms with van der Waals surface area (Å²) in [6.07, 6.45) is -0.332. The Morgan fingerprint density at radius 3 is 2.94 bits per heavy atom. The lowest BCUT2D eigenvalue weighted by molar-refractivity contribution is -0.114. The Morgan fingerprint density at radius 2 is 2.19 bits per heavy atom. The summed E-state index contributed by atoms with van der Waals surface area (Å²) in [6, 6.07) is 9.93. The summed E-state index contributed by atoms with van der Waals surface area (Å²) in [5.41, 5.74) is 1.76. The maximum Gasteiger partial charge on any atom is 0.351 e. The minimum Gasteiger partial charge on any atom is -0.374 e. The molecule has 10 nitrogen and oxygen atoms in total. The molecule has 32 heavy (non-hydrogen) atoms. The van der Waals surface area contributed by atoms with Gasteiger partial charge in [0.1, 0.15) is 18.0 Å². The largest absolute Gasteiger partial charge is 0.374 e. The number of para-hydroxylation sites is 1. The number of anilines is 2. The second-order valence-electron chi connectivity index (χ2n) is 7.88. The highest BCUT2D eigenvalue weighted by Crippen LogP contribution is 2.58. The number of amides is 1. The number of carbonyl (C=O) groups excluding carboxylic acids is 1. The van der Waals surface area contributed by atoms with E-state index in [1.165, 1.54) is 36.4 Å². The van der Waals surface area contributed by atoms with Crippen molar-refractivity contribution in [1.82, 2.24) is 9.55 Å². The van der Waals surface area contributed by atoms with Crippen LogP contribution in [-0.2, 0) is 29.7 Å². The van der Waals surface area contributed by atoms with Crippen LogP contribution in [0.1, 0.15) is 27.0 Å². The Balaban J connectivity index is 1.39. The first-order chi connectivity index (χ1) is 16.0. The first kappa shape index (κ1) is 20.3. The van der Waals surface area contributed by atoms with Crippen molar-refractivity contribution in [3.63, 3.8) is 0 Å². The fourth-order valence-corrected chi connectivity index (χ4v) is 6.19. The van der Waals surface area contributed by atoms with Gasteiger partial charge in [-0.3, -0.25) is 9.36 Å². The van der Waals surface area contributed by atoms with Crippen LogP contribution in [0.2, 0.25) is 0 Å². The van der Waals surface area contributed by atoms with Crippen molar-refractivity contribution in [2.75, 3.05) is 23.7 Å². The fourth-order valence-electron chi connectivity index (χ4n) is 4.36. The number of benzene rings is 1. The third-order valence-electron chi connectivity index (χ3n) is 5.77. The maximum absolute atomic E-state index is 12.7. The van der Waals surface area contributed by atoms with E-state index >= 15 is 0 Å². The van der Waals surface area contributed by atoms with E-state index in [9.17, 15) is 9.59 Å². The van der Waals surface area contributed by atoms with Crippen molar-refractivity contribution in [2.24, 2.45) is 0 Å². The number of hydrogen-bond donors (Lipinski definition) is 1. The number of rotatable bonds is 5. The molecule has 11 heteroatoms. The lowest BCUT2D eigenvalue weighted by Gasteiger charge is -2.29. The van der Waals surface area contributed by atoms with Gasteiger partial charge in [-0.2, -0.15) is 4.98 Å². The van der Waals surface area contributed by atoms with Crippen LogP contribution >= 0.6 is 8.53 Å². The van der Waals surface area contributed by atoms with Gasteiger partial charge in [-0.25, -0.2) is 4.79 Å². The lowest BCUT2D eigenvalue weighted by atomic mass is 10.1. The molecule has 1 N–H and O–H groups in total. The van der Waals surface area contributed by atoms with Gasteiger partial charge in [0.05, 0.1) is 18.8 Å². The third-order valence-corrected chi connectivity index (χ3v) is 7.46. The summed E-state index contributed by atoms with van der Waals surface area (Å²) in [5.74, 6) is -0.169. The highest BCUT2D eigenvalue weighted by Gasteiger charge is 2.50. The van der Waals surface area contributed by atoms with Crippen LogP contribution in [-0.4, -0.2) is 53.5 Å². The van der Waals surface area contributed by atoms with Gasteiger partial charge >= 0.3 is 5.69 Å². The summed E-state index contributed by atoms with van der Waals surface area (Å²) in [4.78, 5) is 27.8. The first-order valence-corrected chi connectivity index (χ1v) is 11.4.